The fourth-order valence-corrected chi connectivity index (χ4v) is 4.10. The molecule has 21 heavy (non-hydrogen) atoms. The minimum absolute atomic E-state index is 0.0250. The Morgan fingerprint density at radius 3 is 2.62 bits per heavy atom. The van der Waals surface area contributed by atoms with Crippen LogP contribution in [0.1, 0.15) is 44.6 Å². The van der Waals surface area contributed by atoms with Gasteiger partial charge < -0.3 is 5.32 Å². The standard InChI is InChI=1S/C16H24N2O2S/c1-12(14-5-3-6-14)18-21(19,20)16-7-2-4-13(10-16)11-17-15-8-9-15/h2,4,7,10,12,14-15,17-18H,3,5-6,8-9,11H2,1H3. The largest absolute Gasteiger partial charge is 0.310 e. The van der Waals surface area contributed by atoms with Gasteiger partial charge >= 0.3 is 0 Å². The van der Waals surface area contributed by atoms with Gasteiger partial charge in [0.15, 0.2) is 0 Å². The molecule has 5 heteroatoms. The van der Waals surface area contributed by atoms with Gasteiger partial charge in [0, 0.05) is 18.6 Å². The molecule has 0 radical (unpaired) electrons. The number of benzene rings is 1. The Hall–Kier alpha value is -0.910. The van der Waals surface area contributed by atoms with Crippen LogP contribution in [0.15, 0.2) is 29.2 Å². The van der Waals surface area contributed by atoms with Crippen molar-refractivity contribution >= 4 is 10.0 Å². The monoisotopic (exact) mass is 308 g/mol. The SMILES string of the molecule is CC(NS(=O)(=O)c1cccc(CNC2CC2)c1)C1CCC1. The Labute approximate surface area is 127 Å². The minimum Gasteiger partial charge on any atom is -0.310 e. The van der Waals surface area contributed by atoms with Crippen LogP contribution in [0.2, 0.25) is 0 Å². The quantitative estimate of drug-likeness (QED) is 0.813. The Kier molecular flexibility index (Phi) is 4.33. The molecular weight excluding hydrogens is 284 g/mol. The summed E-state index contributed by atoms with van der Waals surface area (Å²) in [7, 11) is -3.40. The molecule has 2 saturated carbocycles. The predicted octanol–water partition coefficient (Wildman–Crippen LogP) is 2.41. The maximum Gasteiger partial charge on any atom is 0.240 e. The summed E-state index contributed by atoms with van der Waals surface area (Å²) in [6.07, 6.45) is 5.96. The summed E-state index contributed by atoms with van der Waals surface area (Å²) in [5.74, 6) is 0.500. The lowest BCUT2D eigenvalue weighted by molar-refractivity contribution is 0.260. The van der Waals surface area contributed by atoms with Crippen molar-refractivity contribution in [1.82, 2.24) is 10.0 Å². The number of hydrogen-bond acceptors (Lipinski definition) is 3. The first-order valence-corrected chi connectivity index (χ1v) is 9.37. The molecule has 0 saturated heterocycles. The van der Waals surface area contributed by atoms with Crippen molar-refractivity contribution in [2.75, 3.05) is 0 Å². The van der Waals surface area contributed by atoms with Crippen LogP contribution in [-0.2, 0) is 16.6 Å². The van der Waals surface area contributed by atoms with Gasteiger partial charge in [-0.05, 0) is 56.2 Å². The zero-order valence-corrected chi connectivity index (χ0v) is 13.3. The smallest absolute Gasteiger partial charge is 0.240 e. The van der Waals surface area contributed by atoms with Crippen LogP contribution in [0.3, 0.4) is 0 Å². The van der Waals surface area contributed by atoms with Crippen LogP contribution < -0.4 is 10.0 Å². The molecule has 0 amide bonds. The Balaban J connectivity index is 1.66. The molecule has 2 fully saturated rings. The molecule has 0 aromatic heterocycles. The van der Waals surface area contributed by atoms with Crippen molar-refractivity contribution in [3.63, 3.8) is 0 Å². The van der Waals surface area contributed by atoms with E-state index in [4.69, 9.17) is 0 Å². The van der Waals surface area contributed by atoms with Crippen molar-refractivity contribution in [2.24, 2.45) is 5.92 Å². The van der Waals surface area contributed by atoms with E-state index >= 15 is 0 Å². The Morgan fingerprint density at radius 2 is 2.00 bits per heavy atom. The van der Waals surface area contributed by atoms with Crippen LogP contribution >= 0.6 is 0 Å². The zero-order chi connectivity index (χ0) is 14.9. The van der Waals surface area contributed by atoms with Gasteiger partial charge in [0.2, 0.25) is 10.0 Å². The molecule has 1 aromatic rings. The highest BCUT2D eigenvalue weighted by molar-refractivity contribution is 7.89. The summed E-state index contributed by atoms with van der Waals surface area (Å²) in [4.78, 5) is 0.378. The maximum atomic E-state index is 12.5. The summed E-state index contributed by atoms with van der Waals surface area (Å²) in [6, 6.07) is 7.91. The second kappa shape index (κ2) is 6.07. The van der Waals surface area contributed by atoms with Gasteiger partial charge in [0.1, 0.15) is 0 Å². The molecule has 0 heterocycles. The van der Waals surface area contributed by atoms with E-state index in [1.165, 1.54) is 19.3 Å². The van der Waals surface area contributed by atoms with Gasteiger partial charge in [0.25, 0.3) is 0 Å². The minimum atomic E-state index is -3.40. The average Bonchev–Trinajstić information content (AvgIpc) is 3.18. The number of rotatable bonds is 7. The molecule has 2 N–H and O–H groups in total. The molecule has 1 aromatic carbocycles. The predicted molar refractivity (Wildman–Crippen MR) is 83.4 cm³/mol. The lowest BCUT2D eigenvalue weighted by Gasteiger charge is -2.31. The lowest BCUT2D eigenvalue weighted by Crippen LogP contribution is -2.40. The molecule has 1 unspecified atom stereocenters. The van der Waals surface area contributed by atoms with Gasteiger partial charge in [-0.15, -0.1) is 0 Å². The normalized spacial score (nSPS) is 21.0. The van der Waals surface area contributed by atoms with Crippen molar-refractivity contribution < 1.29 is 8.42 Å². The van der Waals surface area contributed by atoms with Crippen LogP contribution in [0.5, 0.6) is 0 Å². The first-order chi connectivity index (χ1) is 10.0. The van der Waals surface area contributed by atoms with E-state index in [2.05, 4.69) is 10.0 Å². The maximum absolute atomic E-state index is 12.5. The van der Waals surface area contributed by atoms with Crippen molar-refractivity contribution in [3.8, 4) is 0 Å². The molecule has 3 rings (SSSR count). The topological polar surface area (TPSA) is 58.2 Å². The van der Waals surface area contributed by atoms with Crippen LogP contribution in [0, 0.1) is 5.92 Å². The third kappa shape index (κ3) is 3.84. The van der Waals surface area contributed by atoms with E-state index in [0.29, 0.717) is 16.9 Å². The zero-order valence-electron chi connectivity index (χ0n) is 12.5. The molecule has 2 aliphatic carbocycles. The average molecular weight is 308 g/mol. The number of hydrogen-bond donors (Lipinski definition) is 2. The summed E-state index contributed by atoms with van der Waals surface area (Å²) < 4.78 is 27.7. The molecule has 0 bridgehead atoms. The van der Waals surface area contributed by atoms with E-state index in [0.717, 1.165) is 24.9 Å². The van der Waals surface area contributed by atoms with Crippen LogP contribution in [-0.4, -0.2) is 20.5 Å². The molecular formula is C16H24N2O2S. The van der Waals surface area contributed by atoms with E-state index in [1.807, 2.05) is 19.1 Å². The van der Waals surface area contributed by atoms with E-state index in [9.17, 15) is 8.42 Å². The van der Waals surface area contributed by atoms with Gasteiger partial charge in [0.05, 0.1) is 4.90 Å². The highest BCUT2D eigenvalue weighted by Gasteiger charge is 2.28. The molecule has 116 valence electrons. The van der Waals surface area contributed by atoms with Gasteiger partial charge in [-0.3, -0.25) is 0 Å². The van der Waals surface area contributed by atoms with Gasteiger partial charge in [-0.2, -0.15) is 0 Å². The van der Waals surface area contributed by atoms with E-state index in [1.54, 1.807) is 12.1 Å². The summed E-state index contributed by atoms with van der Waals surface area (Å²) in [6.45, 7) is 2.71. The molecule has 4 nitrogen and oxygen atoms in total. The number of nitrogens with one attached hydrogen (secondary N) is 2. The summed E-state index contributed by atoms with van der Waals surface area (Å²) in [5, 5.41) is 3.41. The highest BCUT2D eigenvalue weighted by Crippen LogP contribution is 2.30. The van der Waals surface area contributed by atoms with Gasteiger partial charge in [-0.1, -0.05) is 18.6 Å². The van der Waals surface area contributed by atoms with Crippen LogP contribution in [0.25, 0.3) is 0 Å². The first kappa shape index (κ1) is 15.0. The molecule has 0 spiro atoms. The third-order valence-corrected chi connectivity index (χ3v) is 6.14. The summed E-state index contributed by atoms with van der Waals surface area (Å²) in [5.41, 5.74) is 1.03. The second-order valence-electron chi connectivity index (χ2n) is 6.40. The fourth-order valence-electron chi connectivity index (χ4n) is 2.72. The molecule has 1 atom stereocenters. The van der Waals surface area contributed by atoms with E-state index < -0.39 is 10.0 Å². The first-order valence-electron chi connectivity index (χ1n) is 7.89. The molecule has 2 aliphatic rings. The van der Waals surface area contributed by atoms with Gasteiger partial charge in [-0.25, -0.2) is 13.1 Å². The number of sulfonamides is 1. The third-order valence-electron chi connectivity index (χ3n) is 4.58. The summed E-state index contributed by atoms with van der Waals surface area (Å²) >= 11 is 0. The highest BCUT2D eigenvalue weighted by atomic mass is 32.2. The van der Waals surface area contributed by atoms with Crippen LogP contribution in [0.4, 0.5) is 0 Å². The Morgan fingerprint density at radius 1 is 1.24 bits per heavy atom. The Bertz CT molecular complexity index is 592. The second-order valence-corrected chi connectivity index (χ2v) is 8.12. The van der Waals surface area contributed by atoms with Crippen molar-refractivity contribution in [1.29, 1.82) is 0 Å². The molecule has 0 aliphatic heterocycles. The van der Waals surface area contributed by atoms with Crippen molar-refractivity contribution in [2.45, 2.75) is 62.6 Å². The lowest BCUT2D eigenvalue weighted by atomic mass is 9.81. The van der Waals surface area contributed by atoms with E-state index in [-0.39, 0.29) is 6.04 Å². The van der Waals surface area contributed by atoms with Crippen molar-refractivity contribution in [3.05, 3.63) is 29.8 Å². The fraction of sp³-hybridized carbons (Fsp3) is 0.625.